The second-order valence-electron chi connectivity index (χ2n) is 7.04. The van der Waals surface area contributed by atoms with E-state index < -0.39 is 0 Å². The third-order valence-electron chi connectivity index (χ3n) is 5.51. The van der Waals surface area contributed by atoms with Gasteiger partial charge in [-0.25, -0.2) is 0 Å². The first kappa shape index (κ1) is 15.8. The molecule has 1 aliphatic carbocycles. The number of hydrogen-bond donors (Lipinski definition) is 2. The van der Waals surface area contributed by atoms with Crippen molar-refractivity contribution in [3.05, 3.63) is 35.4 Å². The molecule has 0 aromatic heterocycles. The molecule has 3 unspecified atom stereocenters. The molecule has 2 aliphatic heterocycles. The summed E-state index contributed by atoms with van der Waals surface area (Å²) in [6.07, 6.45) is 7.85. The van der Waals surface area contributed by atoms with Crippen LogP contribution in [0.4, 0.5) is 0 Å². The van der Waals surface area contributed by atoms with Crippen LogP contribution in [0.1, 0.15) is 55.7 Å². The number of nitrogens with one attached hydrogen (secondary N) is 2. The van der Waals surface area contributed by atoms with Gasteiger partial charge in [0.05, 0.1) is 6.04 Å². The molecule has 3 nitrogen and oxygen atoms in total. The normalized spacial score (nSPS) is 32.2. The lowest BCUT2D eigenvalue weighted by atomic mass is 9.89. The van der Waals surface area contributed by atoms with E-state index in [0.29, 0.717) is 24.4 Å². The van der Waals surface area contributed by atoms with E-state index >= 15 is 0 Å². The zero-order valence-electron chi connectivity index (χ0n) is 12.9. The van der Waals surface area contributed by atoms with E-state index in [1.165, 1.54) is 36.8 Å². The second-order valence-corrected chi connectivity index (χ2v) is 7.04. The van der Waals surface area contributed by atoms with E-state index in [2.05, 4.69) is 34.9 Å². The summed E-state index contributed by atoms with van der Waals surface area (Å²) in [7, 11) is 0. The molecular weight excluding hydrogens is 296 g/mol. The van der Waals surface area contributed by atoms with Crippen LogP contribution >= 0.6 is 12.4 Å². The number of hydrogen-bond acceptors (Lipinski definition) is 2. The molecule has 0 radical (unpaired) electrons. The average Bonchev–Trinajstić information content (AvgIpc) is 3.03. The van der Waals surface area contributed by atoms with Gasteiger partial charge < -0.3 is 10.6 Å². The smallest absolute Gasteiger partial charge is 0.220 e. The van der Waals surface area contributed by atoms with Crippen molar-refractivity contribution in [1.29, 1.82) is 0 Å². The van der Waals surface area contributed by atoms with Gasteiger partial charge in [0.15, 0.2) is 0 Å². The van der Waals surface area contributed by atoms with Gasteiger partial charge in [-0.05, 0) is 55.6 Å². The van der Waals surface area contributed by atoms with E-state index in [0.717, 1.165) is 12.8 Å². The molecule has 4 rings (SSSR count). The van der Waals surface area contributed by atoms with Gasteiger partial charge in [0.2, 0.25) is 5.91 Å². The lowest BCUT2D eigenvalue weighted by Crippen LogP contribution is -2.40. The van der Waals surface area contributed by atoms with Crippen LogP contribution in [-0.2, 0) is 11.2 Å². The van der Waals surface area contributed by atoms with E-state index in [4.69, 9.17) is 0 Å². The first-order chi connectivity index (χ1) is 10.3. The number of carbonyl (C=O) groups excluding carboxylic acids is 1. The quantitative estimate of drug-likeness (QED) is 0.898. The molecule has 22 heavy (non-hydrogen) atoms. The highest BCUT2D eigenvalue weighted by atomic mass is 35.5. The van der Waals surface area contributed by atoms with Crippen LogP contribution in [0.5, 0.6) is 0 Å². The molecule has 2 fully saturated rings. The summed E-state index contributed by atoms with van der Waals surface area (Å²) in [6, 6.07) is 10.1. The molecule has 0 saturated carbocycles. The summed E-state index contributed by atoms with van der Waals surface area (Å²) in [6.45, 7) is 0. The van der Waals surface area contributed by atoms with Gasteiger partial charge in [0.25, 0.3) is 0 Å². The van der Waals surface area contributed by atoms with Crippen molar-refractivity contribution >= 4 is 18.3 Å². The van der Waals surface area contributed by atoms with Crippen molar-refractivity contribution in [2.45, 2.75) is 63.1 Å². The lowest BCUT2D eigenvalue weighted by molar-refractivity contribution is -0.123. The summed E-state index contributed by atoms with van der Waals surface area (Å²) < 4.78 is 0. The first-order valence-corrected chi connectivity index (χ1v) is 8.41. The van der Waals surface area contributed by atoms with Gasteiger partial charge in [-0.1, -0.05) is 24.3 Å². The van der Waals surface area contributed by atoms with Gasteiger partial charge in [-0.15, -0.1) is 12.4 Å². The maximum Gasteiger partial charge on any atom is 0.220 e. The number of amides is 1. The third kappa shape index (κ3) is 3.16. The molecule has 2 saturated heterocycles. The van der Waals surface area contributed by atoms with E-state index in [9.17, 15) is 4.79 Å². The van der Waals surface area contributed by atoms with Crippen LogP contribution in [0, 0.1) is 5.92 Å². The lowest BCUT2D eigenvalue weighted by Gasteiger charge is -2.29. The van der Waals surface area contributed by atoms with Crippen molar-refractivity contribution < 1.29 is 4.79 Å². The average molecular weight is 321 g/mol. The zero-order chi connectivity index (χ0) is 14.2. The highest BCUT2D eigenvalue weighted by Gasteiger charge is 2.34. The summed E-state index contributed by atoms with van der Waals surface area (Å²) in [5.74, 6) is 0.836. The van der Waals surface area contributed by atoms with Gasteiger partial charge in [0, 0.05) is 18.5 Å². The van der Waals surface area contributed by atoms with Crippen LogP contribution in [0.25, 0.3) is 0 Å². The predicted molar refractivity (Wildman–Crippen MR) is 90.2 cm³/mol. The fourth-order valence-electron chi connectivity index (χ4n) is 4.56. The number of carbonyl (C=O) groups is 1. The summed E-state index contributed by atoms with van der Waals surface area (Å²) in [4.78, 5) is 12.4. The molecule has 1 aromatic rings. The topological polar surface area (TPSA) is 41.1 Å². The van der Waals surface area contributed by atoms with Crippen LogP contribution in [0.2, 0.25) is 0 Å². The minimum absolute atomic E-state index is 0. The van der Waals surface area contributed by atoms with Crippen molar-refractivity contribution in [2.24, 2.45) is 5.92 Å². The van der Waals surface area contributed by atoms with Crippen LogP contribution < -0.4 is 10.6 Å². The Morgan fingerprint density at radius 3 is 2.64 bits per heavy atom. The Hall–Kier alpha value is -1.06. The number of benzene rings is 1. The van der Waals surface area contributed by atoms with Gasteiger partial charge in [0.1, 0.15) is 0 Å². The Labute approximate surface area is 138 Å². The van der Waals surface area contributed by atoms with Gasteiger partial charge in [-0.2, -0.15) is 0 Å². The maximum absolute atomic E-state index is 12.4. The van der Waals surface area contributed by atoms with E-state index in [1.807, 2.05) is 0 Å². The zero-order valence-corrected chi connectivity index (χ0v) is 13.7. The maximum atomic E-state index is 12.4. The summed E-state index contributed by atoms with van der Waals surface area (Å²) >= 11 is 0. The molecule has 3 atom stereocenters. The molecule has 4 heteroatoms. The minimum Gasteiger partial charge on any atom is -0.349 e. The van der Waals surface area contributed by atoms with E-state index in [1.54, 1.807) is 0 Å². The van der Waals surface area contributed by atoms with Gasteiger partial charge >= 0.3 is 0 Å². The minimum atomic E-state index is 0. The Kier molecular flexibility index (Phi) is 4.74. The largest absolute Gasteiger partial charge is 0.349 e. The van der Waals surface area contributed by atoms with Crippen molar-refractivity contribution in [1.82, 2.24) is 10.6 Å². The Morgan fingerprint density at radius 1 is 1.14 bits per heavy atom. The molecule has 2 N–H and O–H groups in total. The highest BCUT2D eigenvalue weighted by molar-refractivity contribution is 5.85. The summed E-state index contributed by atoms with van der Waals surface area (Å²) in [5, 5.41) is 6.92. The molecule has 2 heterocycles. The molecular formula is C18H25ClN2O. The fraction of sp³-hybridized carbons (Fsp3) is 0.611. The van der Waals surface area contributed by atoms with Crippen molar-refractivity contribution in [3.63, 3.8) is 0 Å². The number of rotatable bonds is 3. The molecule has 1 aromatic carbocycles. The monoisotopic (exact) mass is 320 g/mol. The van der Waals surface area contributed by atoms with Crippen molar-refractivity contribution in [3.8, 4) is 0 Å². The van der Waals surface area contributed by atoms with Crippen LogP contribution in [-0.4, -0.2) is 18.0 Å². The van der Waals surface area contributed by atoms with Crippen LogP contribution in [0.3, 0.4) is 0 Å². The molecule has 3 aliphatic rings. The Balaban J connectivity index is 0.00000144. The molecule has 0 spiro atoms. The highest BCUT2D eigenvalue weighted by Crippen LogP contribution is 2.34. The standard InChI is InChI=1S/C18H24N2O.ClH/c21-18(11-12-9-14-6-7-15(10-12)19-14)20-17-8-5-13-3-1-2-4-16(13)17;/h1-4,12,14-15,17,19H,5-11H2,(H,20,21);1H. The number of aryl methyl sites for hydroxylation is 1. The Morgan fingerprint density at radius 2 is 1.86 bits per heavy atom. The van der Waals surface area contributed by atoms with Crippen LogP contribution in [0.15, 0.2) is 24.3 Å². The number of piperidine rings is 1. The molecule has 120 valence electrons. The Bertz CT molecular complexity index is 536. The number of halogens is 1. The predicted octanol–water partition coefficient (Wildman–Crippen LogP) is 3.13. The van der Waals surface area contributed by atoms with E-state index in [-0.39, 0.29) is 24.4 Å². The first-order valence-electron chi connectivity index (χ1n) is 8.41. The molecule has 2 bridgehead atoms. The van der Waals surface area contributed by atoms with Gasteiger partial charge in [-0.3, -0.25) is 4.79 Å². The fourth-order valence-corrected chi connectivity index (χ4v) is 4.56. The number of fused-ring (bicyclic) bond motifs is 3. The van der Waals surface area contributed by atoms with Crippen molar-refractivity contribution in [2.75, 3.05) is 0 Å². The SMILES string of the molecule is Cl.O=C(CC1CC2CCC(C1)N2)NC1CCc2ccccc21. The molecule has 1 amide bonds. The third-order valence-corrected chi connectivity index (χ3v) is 5.51. The summed E-state index contributed by atoms with van der Waals surface area (Å²) in [5.41, 5.74) is 2.74. The second kappa shape index (κ2) is 6.59.